The topological polar surface area (TPSA) is 32.3 Å². The van der Waals surface area contributed by atoms with Gasteiger partial charge in [0.15, 0.2) is 0 Å². The van der Waals surface area contributed by atoms with Gasteiger partial charge in [-0.2, -0.15) is 0 Å². The van der Waals surface area contributed by atoms with Crippen molar-refractivity contribution in [3.63, 3.8) is 0 Å². The zero-order valence-electron chi connectivity index (χ0n) is 14.9. The number of thiophene rings is 1. The van der Waals surface area contributed by atoms with Crippen molar-refractivity contribution in [3.8, 4) is 0 Å². The number of nitrogens with one attached hydrogen (secondary N) is 1. The molecular weight excluding hydrogens is 340 g/mol. The smallest absolute Gasteiger partial charge is 0.251 e. The van der Waals surface area contributed by atoms with Crippen LogP contribution in [0.3, 0.4) is 0 Å². The molecule has 0 unspecified atom stereocenters. The van der Waals surface area contributed by atoms with Gasteiger partial charge in [0.1, 0.15) is 0 Å². The molecule has 0 saturated heterocycles. The highest BCUT2D eigenvalue weighted by molar-refractivity contribution is 7.10. The zero-order valence-corrected chi connectivity index (χ0v) is 15.7. The van der Waals surface area contributed by atoms with Gasteiger partial charge in [0.2, 0.25) is 0 Å². The van der Waals surface area contributed by atoms with Gasteiger partial charge in [0.25, 0.3) is 5.91 Å². The van der Waals surface area contributed by atoms with E-state index in [1.807, 2.05) is 47.7 Å². The summed E-state index contributed by atoms with van der Waals surface area (Å²) in [5.41, 5.74) is 2.28. The molecule has 1 aliphatic rings. The fourth-order valence-corrected chi connectivity index (χ4v) is 4.55. The minimum absolute atomic E-state index is 0.0250. The Hall–Kier alpha value is -2.17. The van der Waals surface area contributed by atoms with E-state index in [9.17, 15) is 4.79 Å². The molecule has 0 spiro atoms. The summed E-state index contributed by atoms with van der Waals surface area (Å²) in [5, 5.41) is 7.54. The van der Waals surface area contributed by atoms with Crippen LogP contribution in [-0.4, -0.2) is 30.4 Å². The van der Waals surface area contributed by atoms with Crippen LogP contribution in [-0.2, 0) is 13.0 Å². The SMILES string of the molecule is O=C(NCCCCN1CCc2ccsc2C1)c1ccc2ccccc2c1. The first-order valence-corrected chi connectivity index (χ1v) is 10.2. The zero-order chi connectivity index (χ0) is 17.8. The first-order chi connectivity index (χ1) is 12.8. The molecule has 1 aromatic heterocycles. The average Bonchev–Trinajstić information content (AvgIpc) is 3.15. The number of fused-ring (bicyclic) bond motifs is 2. The Morgan fingerprint density at radius 2 is 1.96 bits per heavy atom. The van der Waals surface area contributed by atoms with Crippen LogP contribution >= 0.6 is 11.3 Å². The van der Waals surface area contributed by atoms with Gasteiger partial charge < -0.3 is 5.32 Å². The summed E-state index contributed by atoms with van der Waals surface area (Å²) < 4.78 is 0. The lowest BCUT2D eigenvalue weighted by Crippen LogP contribution is -2.31. The normalized spacial score (nSPS) is 14.3. The largest absolute Gasteiger partial charge is 0.352 e. The van der Waals surface area contributed by atoms with Crippen LogP contribution in [0.1, 0.15) is 33.6 Å². The van der Waals surface area contributed by atoms with Crippen molar-refractivity contribution < 1.29 is 4.79 Å². The lowest BCUT2D eigenvalue weighted by atomic mass is 10.1. The van der Waals surface area contributed by atoms with Gasteiger partial charge in [0, 0.05) is 30.1 Å². The van der Waals surface area contributed by atoms with Crippen molar-refractivity contribution >= 4 is 28.0 Å². The van der Waals surface area contributed by atoms with E-state index in [1.165, 1.54) is 22.2 Å². The van der Waals surface area contributed by atoms with E-state index in [0.29, 0.717) is 0 Å². The molecule has 3 aromatic rings. The molecule has 1 N–H and O–H groups in total. The minimum atomic E-state index is 0.0250. The van der Waals surface area contributed by atoms with Crippen molar-refractivity contribution in [2.45, 2.75) is 25.8 Å². The van der Waals surface area contributed by atoms with Crippen LogP contribution in [0.15, 0.2) is 53.9 Å². The number of carbonyl (C=O) groups excluding carboxylic acids is 1. The molecule has 4 rings (SSSR count). The second-order valence-corrected chi connectivity index (χ2v) is 7.92. The van der Waals surface area contributed by atoms with Crippen LogP contribution in [0.25, 0.3) is 10.8 Å². The fourth-order valence-electron chi connectivity index (χ4n) is 3.58. The van der Waals surface area contributed by atoms with Gasteiger partial charge in [-0.25, -0.2) is 0 Å². The molecule has 0 atom stereocenters. The van der Waals surface area contributed by atoms with Crippen LogP contribution in [0.5, 0.6) is 0 Å². The molecule has 0 radical (unpaired) electrons. The number of hydrogen-bond donors (Lipinski definition) is 1. The Bertz CT molecular complexity index is 902. The third kappa shape index (κ3) is 3.97. The third-order valence-corrected chi connectivity index (χ3v) is 6.05. The molecule has 2 aromatic carbocycles. The highest BCUT2D eigenvalue weighted by Gasteiger charge is 2.16. The molecular formula is C22H24N2OS. The van der Waals surface area contributed by atoms with E-state index in [4.69, 9.17) is 0 Å². The van der Waals surface area contributed by atoms with Crippen molar-refractivity contribution in [3.05, 3.63) is 69.9 Å². The molecule has 0 bridgehead atoms. The van der Waals surface area contributed by atoms with Crippen LogP contribution in [0, 0.1) is 0 Å². The third-order valence-electron chi connectivity index (χ3n) is 5.10. The summed E-state index contributed by atoms with van der Waals surface area (Å²) in [5.74, 6) is 0.0250. The lowest BCUT2D eigenvalue weighted by Gasteiger charge is -2.26. The molecule has 26 heavy (non-hydrogen) atoms. The predicted octanol–water partition coefficient (Wildman–Crippen LogP) is 4.47. The van der Waals surface area contributed by atoms with Crippen molar-refractivity contribution in [1.82, 2.24) is 10.2 Å². The molecule has 0 aliphatic carbocycles. The molecule has 134 valence electrons. The van der Waals surface area contributed by atoms with E-state index < -0.39 is 0 Å². The van der Waals surface area contributed by atoms with E-state index in [0.717, 1.165) is 50.0 Å². The quantitative estimate of drug-likeness (QED) is 0.655. The maximum Gasteiger partial charge on any atom is 0.251 e. The standard InChI is InChI=1S/C22H24N2OS/c25-22(20-8-7-17-5-1-2-6-19(17)15-20)23-11-3-4-12-24-13-9-18-10-14-26-21(18)16-24/h1-2,5-8,10,14-15H,3-4,9,11-13,16H2,(H,23,25). The first-order valence-electron chi connectivity index (χ1n) is 9.34. The maximum absolute atomic E-state index is 12.3. The average molecular weight is 365 g/mol. The monoisotopic (exact) mass is 364 g/mol. The van der Waals surface area contributed by atoms with Gasteiger partial charge in [-0.15, -0.1) is 11.3 Å². The number of hydrogen-bond acceptors (Lipinski definition) is 3. The maximum atomic E-state index is 12.3. The molecule has 4 heteroatoms. The Labute approximate surface area is 158 Å². The summed E-state index contributed by atoms with van der Waals surface area (Å²) in [4.78, 5) is 16.4. The van der Waals surface area contributed by atoms with Crippen molar-refractivity contribution in [1.29, 1.82) is 0 Å². The number of carbonyl (C=O) groups is 1. The molecule has 1 amide bonds. The predicted molar refractivity (Wildman–Crippen MR) is 109 cm³/mol. The van der Waals surface area contributed by atoms with Gasteiger partial charge in [-0.3, -0.25) is 9.69 Å². The molecule has 3 nitrogen and oxygen atoms in total. The Morgan fingerprint density at radius 1 is 1.08 bits per heavy atom. The van der Waals surface area contributed by atoms with Gasteiger partial charge in [0.05, 0.1) is 0 Å². The first kappa shape index (κ1) is 17.3. The number of rotatable bonds is 6. The lowest BCUT2D eigenvalue weighted by molar-refractivity contribution is 0.0952. The van der Waals surface area contributed by atoms with Gasteiger partial charge in [-0.05, 0) is 65.7 Å². The Morgan fingerprint density at radius 3 is 2.88 bits per heavy atom. The highest BCUT2D eigenvalue weighted by Crippen LogP contribution is 2.24. The minimum Gasteiger partial charge on any atom is -0.352 e. The van der Waals surface area contributed by atoms with Gasteiger partial charge in [-0.1, -0.05) is 30.3 Å². The van der Waals surface area contributed by atoms with Crippen molar-refractivity contribution in [2.24, 2.45) is 0 Å². The summed E-state index contributed by atoms with van der Waals surface area (Å²) in [6.07, 6.45) is 3.32. The van der Waals surface area contributed by atoms with Crippen molar-refractivity contribution in [2.75, 3.05) is 19.6 Å². The molecule has 2 heterocycles. The van der Waals surface area contributed by atoms with E-state index in [1.54, 1.807) is 0 Å². The number of amides is 1. The molecule has 0 saturated carbocycles. The van der Waals surface area contributed by atoms with E-state index >= 15 is 0 Å². The number of unbranched alkanes of at least 4 members (excludes halogenated alkanes) is 1. The molecule has 1 aliphatic heterocycles. The number of nitrogens with zero attached hydrogens (tertiary/aromatic N) is 1. The summed E-state index contributed by atoms with van der Waals surface area (Å²) in [6, 6.07) is 16.3. The summed E-state index contributed by atoms with van der Waals surface area (Å²) >= 11 is 1.88. The van der Waals surface area contributed by atoms with Crippen LogP contribution in [0.4, 0.5) is 0 Å². The highest BCUT2D eigenvalue weighted by atomic mass is 32.1. The van der Waals surface area contributed by atoms with E-state index in [-0.39, 0.29) is 5.91 Å². The number of benzene rings is 2. The summed E-state index contributed by atoms with van der Waals surface area (Å²) in [6.45, 7) is 4.11. The van der Waals surface area contributed by atoms with Crippen LogP contribution in [0.2, 0.25) is 0 Å². The second kappa shape index (κ2) is 8.02. The summed E-state index contributed by atoms with van der Waals surface area (Å²) in [7, 11) is 0. The van der Waals surface area contributed by atoms with E-state index in [2.05, 4.69) is 27.7 Å². The Kier molecular flexibility index (Phi) is 5.32. The van der Waals surface area contributed by atoms with Gasteiger partial charge >= 0.3 is 0 Å². The second-order valence-electron chi connectivity index (χ2n) is 6.92. The molecule has 0 fully saturated rings. The fraction of sp³-hybridized carbons (Fsp3) is 0.318. The van der Waals surface area contributed by atoms with Crippen LogP contribution < -0.4 is 5.32 Å². The Balaban J connectivity index is 1.20.